The molecule has 0 radical (unpaired) electrons. The number of nitrogens with two attached hydrogens (primary N) is 1. The molecule has 0 aliphatic carbocycles. The minimum absolute atomic E-state index is 0.112. The summed E-state index contributed by atoms with van der Waals surface area (Å²) in [6.45, 7) is 0. The van der Waals surface area contributed by atoms with E-state index in [0.717, 1.165) is 18.2 Å². The molecule has 104 valence electrons. The van der Waals surface area contributed by atoms with Crippen molar-refractivity contribution in [2.45, 2.75) is 10.6 Å². The zero-order valence-corrected chi connectivity index (χ0v) is 11.7. The highest BCUT2D eigenvalue weighted by Crippen LogP contribution is 2.33. The van der Waals surface area contributed by atoms with Crippen LogP contribution in [0, 0.1) is 15.9 Å². The van der Waals surface area contributed by atoms with Gasteiger partial charge in [-0.3, -0.25) is 10.1 Å². The maximum atomic E-state index is 13.2. The number of nitro benzene ring substituents is 1. The zero-order valence-electron chi connectivity index (χ0n) is 10.2. The van der Waals surface area contributed by atoms with Gasteiger partial charge >= 0.3 is 0 Å². The molecule has 0 atom stereocenters. The van der Waals surface area contributed by atoms with Crippen molar-refractivity contribution in [1.82, 2.24) is 0 Å². The molecule has 0 fully saturated rings. The minimum atomic E-state index is -0.531. The number of rotatable bonds is 4. The van der Waals surface area contributed by atoms with Crippen molar-refractivity contribution in [3.05, 3.63) is 62.9 Å². The maximum absolute atomic E-state index is 13.2. The van der Waals surface area contributed by atoms with Crippen molar-refractivity contribution in [3.63, 3.8) is 0 Å². The summed E-state index contributed by atoms with van der Waals surface area (Å²) in [4.78, 5) is 11.1. The van der Waals surface area contributed by atoms with Crippen molar-refractivity contribution >= 4 is 34.7 Å². The Balaban J connectivity index is 2.24. The van der Waals surface area contributed by atoms with Gasteiger partial charge in [0.05, 0.1) is 9.95 Å². The second-order valence-corrected chi connectivity index (χ2v) is 5.43. The van der Waals surface area contributed by atoms with Crippen LogP contribution in [0.2, 0.25) is 5.02 Å². The molecule has 2 N–H and O–H groups in total. The number of nitrogens with zero attached hydrogens (tertiary/aromatic N) is 1. The number of nitro groups is 1. The van der Waals surface area contributed by atoms with Crippen LogP contribution in [0.4, 0.5) is 15.8 Å². The summed E-state index contributed by atoms with van der Waals surface area (Å²) in [6.07, 6.45) is 0. The smallest absolute Gasteiger partial charge is 0.273 e. The average molecular weight is 313 g/mol. The Morgan fingerprint density at radius 1 is 1.30 bits per heavy atom. The SMILES string of the molecule is Nc1ccc(Cl)c(SCc2cc(F)ccc2[N+](=O)[O-])c1. The van der Waals surface area contributed by atoms with Crippen molar-refractivity contribution < 1.29 is 9.31 Å². The van der Waals surface area contributed by atoms with Gasteiger partial charge in [0.25, 0.3) is 5.69 Å². The highest BCUT2D eigenvalue weighted by Gasteiger charge is 2.15. The predicted octanol–water partition coefficient (Wildman–Crippen LogP) is 4.26. The van der Waals surface area contributed by atoms with Gasteiger partial charge in [-0.1, -0.05) is 11.6 Å². The van der Waals surface area contributed by atoms with E-state index in [1.807, 2.05) is 0 Å². The average Bonchev–Trinajstić information content (AvgIpc) is 2.39. The van der Waals surface area contributed by atoms with Crippen LogP contribution in [0.3, 0.4) is 0 Å². The van der Waals surface area contributed by atoms with E-state index in [9.17, 15) is 14.5 Å². The number of halogens is 2. The van der Waals surface area contributed by atoms with Crippen molar-refractivity contribution in [2.75, 3.05) is 5.73 Å². The lowest BCUT2D eigenvalue weighted by atomic mass is 10.2. The number of thioether (sulfide) groups is 1. The fourth-order valence-electron chi connectivity index (χ4n) is 1.63. The van der Waals surface area contributed by atoms with Crippen LogP contribution < -0.4 is 5.73 Å². The lowest BCUT2D eigenvalue weighted by Crippen LogP contribution is -1.95. The fraction of sp³-hybridized carbons (Fsp3) is 0.0769. The molecule has 0 bridgehead atoms. The molecule has 2 aromatic carbocycles. The van der Waals surface area contributed by atoms with E-state index in [0.29, 0.717) is 21.2 Å². The normalized spacial score (nSPS) is 10.5. The van der Waals surface area contributed by atoms with Gasteiger partial charge in [0.1, 0.15) is 5.82 Å². The number of benzene rings is 2. The molecule has 0 aliphatic rings. The van der Waals surface area contributed by atoms with Gasteiger partial charge in [-0.15, -0.1) is 11.8 Å². The molecular weight excluding hydrogens is 303 g/mol. The van der Waals surface area contributed by atoms with Gasteiger partial charge in [0.2, 0.25) is 0 Å². The summed E-state index contributed by atoms with van der Waals surface area (Å²) in [7, 11) is 0. The van der Waals surface area contributed by atoms with Crippen LogP contribution in [0.25, 0.3) is 0 Å². The topological polar surface area (TPSA) is 69.2 Å². The summed E-state index contributed by atoms with van der Waals surface area (Å²) in [6, 6.07) is 8.38. The molecule has 20 heavy (non-hydrogen) atoms. The van der Waals surface area contributed by atoms with E-state index in [1.165, 1.54) is 11.8 Å². The quantitative estimate of drug-likeness (QED) is 0.396. The van der Waals surface area contributed by atoms with E-state index in [1.54, 1.807) is 18.2 Å². The summed E-state index contributed by atoms with van der Waals surface area (Å²) in [5, 5.41) is 11.4. The molecule has 0 amide bonds. The van der Waals surface area contributed by atoms with E-state index in [-0.39, 0.29) is 11.4 Å². The largest absolute Gasteiger partial charge is 0.399 e. The minimum Gasteiger partial charge on any atom is -0.399 e. The predicted molar refractivity (Wildman–Crippen MR) is 78.5 cm³/mol. The lowest BCUT2D eigenvalue weighted by Gasteiger charge is -2.06. The third-order valence-corrected chi connectivity index (χ3v) is 4.12. The maximum Gasteiger partial charge on any atom is 0.273 e. The molecule has 0 spiro atoms. The molecule has 2 aromatic rings. The summed E-state index contributed by atoms with van der Waals surface area (Å²) in [5.74, 6) is -0.276. The third kappa shape index (κ3) is 3.40. The third-order valence-electron chi connectivity index (χ3n) is 2.58. The second-order valence-electron chi connectivity index (χ2n) is 4.01. The Labute approximate surface area is 123 Å². The van der Waals surface area contributed by atoms with Crippen LogP contribution in [-0.2, 0) is 5.75 Å². The first-order valence-electron chi connectivity index (χ1n) is 5.58. The molecule has 0 aromatic heterocycles. The molecule has 0 saturated heterocycles. The zero-order chi connectivity index (χ0) is 14.7. The summed E-state index contributed by atoms with van der Waals surface area (Å²) in [5.41, 5.74) is 6.40. The Kier molecular flexibility index (Phi) is 4.46. The van der Waals surface area contributed by atoms with Crippen LogP contribution in [0.15, 0.2) is 41.3 Å². The van der Waals surface area contributed by atoms with Crippen molar-refractivity contribution in [1.29, 1.82) is 0 Å². The van der Waals surface area contributed by atoms with Crippen LogP contribution >= 0.6 is 23.4 Å². The Hall–Kier alpha value is -1.79. The van der Waals surface area contributed by atoms with Crippen LogP contribution in [0.5, 0.6) is 0 Å². The first-order valence-corrected chi connectivity index (χ1v) is 6.94. The first kappa shape index (κ1) is 14.6. The van der Waals surface area contributed by atoms with Gasteiger partial charge < -0.3 is 5.73 Å². The number of anilines is 1. The molecule has 2 rings (SSSR count). The van der Waals surface area contributed by atoms with Crippen LogP contribution in [-0.4, -0.2) is 4.92 Å². The Bertz CT molecular complexity index is 667. The summed E-state index contributed by atoms with van der Waals surface area (Å²) >= 11 is 7.28. The van der Waals surface area contributed by atoms with Crippen molar-refractivity contribution in [2.24, 2.45) is 0 Å². The monoisotopic (exact) mass is 312 g/mol. The van der Waals surface area contributed by atoms with Gasteiger partial charge in [-0.2, -0.15) is 0 Å². The number of hydrogen-bond donors (Lipinski definition) is 1. The van der Waals surface area contributed by atoms with Gasteiger partial charge in [-0.25, -0.2) is 4.39 Å². The highest BCUT2D eigenvalue weighted by atomic mass is 35.5. The molecular formula is C13H10ClFN2O2S. The fourth-order valence-corrected chi connectivity index (χ4v) is 2.88. The standard InChI is InChI=1S/C13H10ClFN2O2S/c14-11-3-2-10(16)6-13(11)20-7-8-5-9(15)1-4-12(8)17(18)19/h1-6H,7,16H2. The van der Waals surface area contributed by atoms with Gasteiger partial charge in [0.15, 0.2) is 0 Å². The van der Waals surface area contributed by atoms with E-state index in [2.05, 4.69) is 0 Å². The first-order chi connectivity index (χ1) is 9.47. The molecule has 0 heterocycles. The highest BCUT2D eigenvalue weighted by molar-refractivity contribution is 7.98. The molecule has 4 nitrogen and oxygen atoms in total. The van der Waals surface area contributed by atoms with Crippen molar-refractivity contribution in [3.8, 4) is 0 Å². The molecule has 7 heteroatoms. The van der Waals surface area contributed by atoms with Gasteiger partial charge in [0, 0.05) is 28.0 Å². The lowest BCUT2D eigenvalue weighted by molar-refractivity contribution is -0.385. The number of nitrogen functional groups attached to an aromatic ring is 1. The van der Waals surface area contributed by atoms with E-state index >= 15 is 0 Å². The van der Waals surface area contributed by atoms with E-state index < -0.39 is 10.7 Å². The molecule has 0 unspecified atom stereocenters. The second kappa shape index (κ2) is 6.11. The Morgan fingerprint density at radius 3 is 2.75 bits per heavy atom. The van der Waals surface area contributed by atoms with E-state index in [4.69, 9.17) is 17.3 Å². The molecule has 0 saturated carbocycles. The Morgan fingerprint density at radius 2 is 2.05 bits per heavy atom. The summed E-state index contributed by atoms with van der Waals surface area (Å²) < 4.78 is 13.2. The number of hydrogen-bond acceptors (Lipinski definition) is 4. The van der Waals surface area contributed by atoms with Gasteiger partial charge in [-0.05, 0) is 30.3 Å². The molecule has 0 aliphatic heterocycles. The van der Waals surface area contributed by atoms with Crippen LogP contribution in [0.1, 0.15) is 5.56 Å².